The highest BCUT2D eigenvalue weighted by atomic mass is 16.4. The molecule has 0 unspecified atom stereocenters. The number of carbonyl (C=O) groups is 2. The lowest BCUT2D eigenvalue weighted by molar-refractivity contribution is -0.132. The SMILES string of the molecule is CN(N)C(=O)/C=C\C(=O)O. The second kappa shape index (κ2) is 3.62. The monoisotopic (exact) mass is 144 g/mol. The molecule has 0 atom stereocenters. The molecule has 0 fully saturated rings. The standard InChI is InChI=1S/C5H8N2O3/c1-7(6)4(8)2-3-5(9)10/h2-3H,6H2,1H3,(H,9,10)/b3-2-. The van der Waals surface area contributed by atoms with Crippen molar-refractivity contribution in [3.63, 3.8) is 0 Å². The van der Waals surface area contributed by atoms with Crippen molar-refractivity contribution < 1.29 is 14.7 Å². The molecule has 0 saturated heterocycles. The molecule has 0 rings (SSSR count). The van der Waals surface area contributed by atoms with Crippen LogP contribution in [0.5, 0.6) is 0 Å². The number of nitrogens with zero attached hydrogens (tertiary/aromatic N) is 1. The van der Waals surface area contributed by atoms with Crippen molar-refractivity contribution in [1.29, 1.82) is 0 Å². The first-order valence-electron chi connectivity index (χ1n) is 2.47. The smallest absolute Gasteiger partial charge is 0.328 e. The van der Waals surface area contributed by atoms with Gasteiger partial charge in [0, 0.05) is 19.2 Å². The Morgan fingerprint density at radius 2 is 2.00 bits per heavy atom. The zero-order valence-electron chi connectivity index (χ0n) is 5.44. The second-order valence-electron chi connectivity index (χ2n) is 1.62. The molecule has 5 heteroatoms. The molecule has 0 aromatic carbocycles. The molecule has 10 heavy (non-hydrogen) atoms. The van der Waals surface area contributed by atoms with E-state index < -0.39 is 11.9 Å². The summed E-state index contributed by atoms with van der Waals surface area (Å²) in [6.45, 7) is 0. The molecule has 0 saturated carbocycles. The van der Waals surface area contributed by atoms with E-state index in [2.05, 4.69) is 0 Å². The quantitative estimate of drug-likeness (QED) is 0.224. The van der Waals surface area contributed by atoms with Gasteiger partial charge in [0.05, 0.1) is 0 Å². The number of likely N-dealkylation sites (N-methyl/N-ethyl adjacent to an activating group) is 1. The van der Waals surface area contributed by atoms with E-state index in [1.54, 1.807) is 0 Å². The summed E-state index contributed by atoms with van der Waals surface area (Å²) in [7, 11) is 1.33. The van der Waals surface area contributed by atoms with Crippen molar-refractivity contribution >= 4 is 11.9 Å². The third-order valence-corrected chi connectivity index (χ3v) is 0.716. The lowest BCUT2D eigenvalue weighted by Gasteiger charge is -2.03. The summed E-state index contributed by atoms with van der Waals surface area (Å²) >= 11 is 0. The van der Waals surface area contributed by atoms with Crippen LogP contribution in [0.2, 0.25) is 0 Å². The maximum atomic E-state index is 10.5. The second-order valence-corrected chi connectivity index (χ2v) is 1.62. The van der Waals surface area contributed by atoms with Crippen LogP contribution >= 0.6 is 0 Å². The Labute approximate surface area is 57.7 Å². The zero-order valence-corrected chi connectivity index (χ0v) is 5.44. The molecule has 0 aliphatic heterocycles. The van der Waals surface area contributed by atoms with Crippen molar-refractivity contribution in [2.24, 2.45) is 5.84 Å². The van der Waals surface area contributed by atoms with Gasteiger partial charge >= 0.3 is 5.97 Å². The van der Waals surface area contributed by atoms with Crippen molar-refractivity contribution in [3.8, 4) is 0 Å². The van der Waals surface area contributed by atoms with Crippen LogP contribution in [0, 0.1) is 0 Å². The first-order valence-corrected chi connectivity index (χ1v) is 2.47. The van der Waals surface area contributed by atoms with E-state index in [0.29, 0.717) is 0 Å². The minimum absolute atomic E-state index is 0.553. The number of hydrazine groups is 1. The van der Waals surface area contributed by atoms with Gasteiger partial charge < -0.3 is 5.11 Å². The maximum absolute atomic E-state index is 10.5. The molecular formula is C5H8N2O3. The van der Waals surface area contributed by atoms with Gasteiger partial charge in [0.1, 0.15) is 0 Å². The molecule has 0 radical (unpaired) electrons. The number of hydrogen-bond donors (Lipinski definition) is 2. The molecule has 0 spiro atoms. The van der Waals surface area contributed by atoms with Crippen LogP contribution in [0.4, 0.5) is 0 Å². The van der Waals surface area contributed by atoms with Crippen LogP contribution in [0.1, 0.15) is 0 Å². The fourth-order valence-electron chi connectivity index (χ4n) is 0.260. The van der Waals surface area contributed by atoms with E-state index >= 15 is 0 Å². The molecule has 0 aromatic rings. The van der Waals surface area contributed by atoms with E-state index in [1.807, 2.05) is 0 Å². The summed E-state index contributed by atoms with van der Waals surface area (Å²) in [5.41, 5.74) is 0. The topological polar surface area (TPSA) is 83.6 Å². The number of carboxylic acid groups (broad SMARTS) is 1. The molecule has 3 N–H and O–H groups in total. The van der Waals surface area contributed by atoms with Gasteiger partial charge in [-0.05, 0) is 0 Å². The van der Waals surface area contributed by atoms with Crippen LogP contribution < -0.4 is 5.84 Å². The van der Waals surface area contributed by atoms with E-state index in [4.69, 9.17) is 10.9 Å². The highest BCUT2D eigenvalue weighted by molar-refractivity contribution is 5.93. The first-order chi connectivity index (χ1) is 4.54. The predicted octanol–water partition coefficient (Wildman–Crippen LogP) is -1.04. The Bertz CT molecular complexity index is 174. The molecule has 56 valence electrons. The molecule has 5 nitrogen and oxygen atoms in total. The average molecular weight is 144 g/mol. The van der Waals surface area contributed by atoms with E-state index in [0.717, 1.165) is 17.2 Å². The highest BCUT2D eigenvalue weighted by Crippen LogP contribution is 1.78. The fourth-order valence-corrected chi connectivity index (χ4v) is 0.260. The summed E-state index contributed by atoms with van der Waals surface area (Å²) in [5, 5.41) is 8.84. The minimum atomic E-state index is -1.17. The third-order valence-electron chi connectivity index (χ3n) is 0.716. The summed E-state index contributed by atoms with van der Waals surface area (Å²) < 4.78 is 0. The van der Waals surface area contributed by atoms with Crippen molar-refractivity contribution in [2.75, 3.05) is 7.05 Å². The summed E-state index contributed by atoms with van der Waals surface area (Å²) in [6, 6.07) is 0. The van der Waals surface area contributed by atoms with Crippen LogP contribution in [-0.2, 0) is 9.59 Å². The van der Waals surface area contributed by atoms with Crippen LogP contribution in [0.15, 0.2) is 12.2 Å². The lowest BCUT2D eigenvalue weighted by Crippen LogP contribution is -2.31. The highest BCUT2D eigenvalue weighted by Gasteiger charge is 1.97. The Kier molecular flexibility index (Phi) is 3.13. The number of carboxylic acids is 1. The third kappa shape index (κ3) is 3.62. The van der Waals surface area contributed by atoms with Gasteiger partial charge in [0.15, 0.2) is 0 Å². The van der Waals surface area contributed by atoms with Gasteiger partial charge in [-0.2, -0.15) is 0 Å². The number of aliphatic carboxylic acids is 1. The normalized spacial score (nSPS) is 9.80. The Hall–Kier alpha value is -1.36. The maximum Gasteiger partial charge on any atom is 0.328 e. The Morgan fingerprint density at radius 3 is 2.30 bits per heavy atom. The number of hydrogen-bond acceptors (Lipinski definition) is 3. The van der Waals surface area contributed by atoms with Gasteiger partial charge in [-0.15, -0.1) is 0 Å². The van der Waals surface area contributed by atoms with Crippen LogP contribution in [0.25, 0.3) is 0 Å². The summed E-state index contributed by atoms with van der Waals surface area (Å²) in [4.78, 5) is 20.3. The van der Waals surface area contributed by atoms with Gasteiger partial charge in [-0.25, -0.2) is 10.6 Å². The first kappa shape index (κ1) is 8.64. The fraction of sp³-hybridized carbons (Fsp3) is 0.200. The number of carbonyl (C=O) groups excluding carboxylic acids is 1. The molecule has 0 bridgehead atoms. The number of nitrogens with two attached hydrogens (primary N) is 1. The molecule has 0 aromatic heterocycles. The molecule has 0 aliphatic carbocycles. The summed E-state index contributed by atoms with van der Waals surface area (Å²) in [6.07, 6.45) is 1.61. The van der Waals surface area contributed by atoms with Gasteiger partial charge in [0.2, 0.25) is 0 Å². The van der Waals surface area contributed by atoms with Gasteiger partial charge in [-0.3, -0.25) is 9.80 Å². The van der Waals surface area contributed by atoms with Crippen LogP contribution in [0.3, 0.4) is 0 Å². The number of rotatable bonds is 2. The molecular weight excluding hydrogens is 136 g/mol. The predicted molar refractivity (Wildman–Crippen MR) is 33.7 cm³/mol. The van der Waals surface area contributed by atoms with Crippen molar-refractivity contribution in [3.05, 3.63) is 12.2 Å². The Morgan fingerprint density at radius 1 is 1.50 bits per heavy atom. The van der Waals surface area contributed by atoms with Crippen molar-refractivity contribution in [1.82, 2.24) is 5.01 Å². The minimum Gasteiger partial charge on any atom is -0.478 e. The molecule has 0 heterocycles. The molecule has 1 amide bonds. The number of amides is 1. The van der Waals surface area contributed by atoms with Gasteiger partial charge in [-0.1, -0.05) is 0 Å². The van der Waals surface area contributed by atoms with E-state index in [1.165, 1.54) is 7.05 Å². The molecule has 0 aliphatic rings. The lowest BCUT2D eigenvalue weighted by atomic mass is 10.5. The zero-order chi connectivity index (χ0) is 8.15. The summed E-state index contributed by atoms with van der Waals surface area (Å²) in [5.74, 6) is 3.24. The van der Waals surface area contributed by atoms with Gasteiger partial charge in [0.25, 0.3) is 5.91 Å². The van der Waals surface area contributed by atoms with E-state index in [-0.39, 0.29) is 0 Å². The van der Waals surface area contributed by atoms with Crippen LogP contribution in [-0.4, -0.2) is 29.0 Å². The average Bonchev–Trinajstić information content (AvgIpc) is 1.82. The largest absolute Gasteiger partial charge is 0.478 e. The Balaban J connectivity index is 3.90. The van der Waals surface area contributed by atoms with Crippen molar-refractivity contribution in [2.45, 2.75) is 0 Å². The van der Waals surface area contributed by atoms with E-state index in [9.17, 15) is 9.59 Å².